The van der Waals surface area contributed by atoms with E-state index in [2.05, 4.69) is 12.4 Å². The van der Waals surface area contributed by atoms with Gasteiger partial charge in [-0.2, -0.15) is 0 Å². The first-order valence-corrected chi connectivity index (χ1v) is 9.76. The van der Waals surface area contributed by atoms with Crippen LogP contribution < -0.4 is 5.32 Å². The molecule has 1 N–H and O–H groups in total. The number of esters is 1. The second kappa shape index (κ2) is 9.74. The van der Waals surface area contributed by atoms with Crippen molar-refractivity contribution >= 4 is 12.1 Å². The molecule has 1 aromatic carbocycles. The summed E-state index contributed by atoms with van der Waals surface area (Å²) in [6, 6.07) is 9.47. The predicted octanol–water partition coefficient (Wildman–Crippen LogP) is 3.26. The van der Waals surface area contributed by atoms with Crippen LogP contribution in [0.3, 0.4) is 0 Å². The minimum absolute atomic E-state index is 0.108. The van der Waals surface area contributed by atoms with E-state index in [1.165, 1.54) is 19.3 Å². The highest BCUT2D eigenvalue weighted by molar-refractivity contribution is 5.73. The lowest BCUT2D eigenvalue weighted by Crippen LogP contribution is -2.50. The van der Waals surface area contributed by atoms with Gasteiger partial charge in [-0.1, -0.05) is 30.3 Å². The molecule has 1 heterocycles. The standard InChI is InChI=1S/C21H32N2O4/c1-21(2,22-20(25)27-17-18-10-6-4-7-11-18)16-19(24)26-15-14-23(3)12-8-5-9-13-23/h4,6-7,10-11H,5,8-9,12-17H2,1-3H3/p+1. The van der Waals surface area contributed by atoms with E-state index < -0.39 is 11.6 Å². The van der Waals surface area contributed by atoms with E-state index in [9.17, 15) is 9.59 Å². The van der Waals surface area contributed by atoms with Crippen molar-refractivity contribution in [1.82, 2.24) is 5.32 Å². The Bertz CT molecular complexity index is 610. The predicted molar refractivity (Wildman–Crippen MR) is 104 cm³/mol. The lowest BCUT2D eigenvalue weighted by Gasteiger charge is -2.37. The summed E-state index contributed by atoms with van der Waals surface area (Å²) < 4.78 is 11.6. The number of rotatable bonds is 8. The van der Waals surface area contributed by atoms with Crippen molar-refractivity contribution in [2.75, 3.05) is 33.3 Å². The number of quaternary nitrogens is 1. The van der Waals surface area contributed by atoms with E-state index >= 15 is 0 Å². The molecular formula is C21H33N2O4+. The van der Waals surface area contributed by atoms with Crippen molar-refractivity contribution in [2.24, 2.45) is 0 Å². The highest BCUT2D eigenvalue weighted by atomic mass is 16.5. The van der Waals surface area contributed by atoms with Crippen LogP contribution in [-0.4, -0.2) is 55.4 Å². The Balaban J connectivity index is 1.67. The van der Waals surface area contributed by atoms with Crippen molar-refractivity contribution in [3.8, 4) is 0 Å². The SMILES string of the molecule is CC(C)(CC(=O)OCC[N+]1(C)CCCCC1)NC(=O)OCc1ccccc1. The number of ether oxygens (including phenoxy) is 2. The Hall–Kier alpha value is -2.08. The molecule has 27 heavy (non-hydrogen) atoms. The molecule has 1 aromatic rings. The topological polar surface area (TPSA) is 64.6 Å². The Morgan fingerprint density at radius 1 is 1.07 bits per heavy atom. The van der Waals surface area contributed by atoms with Crippen molar-refractivity contribution in [1.29, 1.82) is 0 Å². The van der Waals surface area contributed by atoms with Gasteiger partial charge in [0.05, 0.1) is 26.6 Å². The van der Waals surface area contributed by atoms with E-state index in [0.29, 0.717) is 6.61 Å². The highest BCUT2D eigenvalue weighted by Gasteiger charge is 2.28. The fourth-order valence-electron chi connectivity index (χ4n) is 3.37. The molecule has 0 atom stereocenters. The number of hydrogen-bond donors (Lipinski definition) is 1. The third kappa shape index (κ3) is 7.99. The van der Waals surface area contributed by atoms with Gasteiger partial charge in [0.1, 0.15) is 19.8 Å². The molecule has 0 saturated carbocycles. The minimum Gasteiger partial charge on any atom is -0.460 e. The fraction of sp³-hybridized carbons (Fsp3) is 0.619. The van der Waals surface area contributed by atoms with Crippen LogP contribution >= 0.6 is 0 Å². The maximum Gasteiger partial charge on any atom is 0.407 e. The number of likely N-dealkylation sites (N-methyl/N-ethyl adjacent to an activating group) is 1. The van der Waals surface area contributed by atoms with Crippen LogP contribution in [0.2, 0.25) is 0 Å². The smallest absolute Gasteiger partial charge is 0.407 e. The van der Waals surface area contributed by atoms with Crippen molar-refractivity contribution in [3.05, 3.63) is 35.9 Å². The van der Waals surface area contributed by atoms with Gasteiger partial charge in [0.25, 0.3) is 0 Å². The lowest BCUT2D eigenvalue weighted by molar-refractivity contribution is -0.914. The summed E-state index contributed by atoms with van der Waals surface area (Å²) in [5, 5.41) is 2.74. The van der Waals surface area contributed by atoms with Crippen LogP contribution in [0.25, 0.3) is 0 Å². The summed E-state index contributed by atoms with van der Waals surface area (Å²) in [4.78, 5) is 24.1. The molecule has 0 radical (unpaired) electrons. The van der Waals surface area contributed by atoms with Crippen LogP contribution in [0.5, 0.6) is 0 Å². The monoisotopic (exact) mass is 377 g/mol. The Morgan fingerprint density at radius 3 is 2.41 bits per heavy atom. The zero-order valence-corrected chi connectivity index (χ0v) is 16.8. The summed E-state index contributed by atoms with van der Waals surface area (Å²) in [7, 11) is 2.22. The summed E-state index contributed by atoms with van der Waals surface area (Å²) in [6.45, 7) is 7.34. The lowest BCUT2D eigenvalue weighted by atomic mass is 10.0. The molecule has 1 amide bonds. The van der Waals surface area contributed by atoms with E-state index in [1.807, 2.05) is 30.3 Å². The van der Waals surface area contributed by atoms with Gasteiger partial charge in [-0.25, -0.2) is 4.79 Å². The summed E-state index contributed by atoms with van der Waals surface area (Å²) >= 11 is 0. The number of nitrogens with one attached hydrogen (secondary N) is 1. The molecular weight excluding hydrogens is 344 g/mol. The molecule has 150 valence electrons. The fourth-order valence-corrected chi connectivity index (χ4v) is 3.37. The number of nitrogens with zero attached hydrogens (tertiary/aromatic N) is 1. The number of alkyl carbamates (subject to hydrolysis) is 1. The van der Waals surface area contributed by atoms with Crippen molar-refractivity contribution < 1.29 is 23.5 Å². The average molecular weight is 378 g/mol. The van der Waals surface area contributed by atoms with Gasteiger partial charge in [-0.05, 0) is 38.7 Å². The number of likely N-dealkylation sites (tertiary alicyclic amines) is 1. The largest absolute Gasteiger partial charge is 0.460 e. The number of piperidine rings is 1. The van der Waals surface area contributed by atoms with Crippen LogP contribution in [0, 0.1) is 0 Å². The average Bonchev–Trinajstić information content (AvgIpc) is 2.60. The zero-order valence-electron chi connectivity index (χ0n) is 16.8. The third-order valence-electron chi connectivity index (χ3n) is 5.03. The molecule has 0 spiro atoms. The molecule has 0 unspecified atom stereocenters. The van der Waals surface area contributed by atoms with Gasteiger partial charge < -0.3 is 19.3 Å². The van der Waals surface area contributed by atoms with Crippen LogP contribution in [0.1, 0.15) is 45.1 Å². The van der Waals surface area contributed by atoms with Crippen molar-refractivity contribution in [3.63, 3.8) is 0 Å². The molecule has 6 heteroatoms. The van der Waals surface area contributed by atoms with Gasteiger partial charge in [0.15, 0.2) is 0 Å². The third-order valence-corrected chi connectivity index (χ3v) is 5.03. The summed E-state index contributed by atoms with van der Waals surface area (Å²) in [5.74, 6) is -0.299. The first kappa shape index (κ1) is 21.2. The van der Waals surface area contributed by atoms with E-state index in [4.69, 9.17) is 9.47 Å². The number of amides is 1. The second-order valence-corrected chi connectivity index (χ2v) is 8.32. The molecule has 0 aliphatic carbocycles. The first-order valence-electron chi connectivity index (χ1n) is 9.76. The quantitative estimate of drug-likeness (QED) is 0.558. The van der Waals surface area contributed by atoms with Gasteiger partial charge in [-0.15, -0.1) is 0 Å². The minimum atomic E-state index is -0.728. The molecule has 1 saturated heterocycles. The van der Waals surface area contributed by atoms with Crippen molar-refractivity contribution in [2.45, 2.75) is 51.7 Å². The molecule has 0 aromatic heterocycles. The molecule has 6 nitrogen and oxygen atoms in total. The highest BCUT2D eigenvalue weighted by Crippen LogP contribution is 2.16. The van der Waals surface area contributed by atoms with Crippen LogP contribution in [-0.2, 0) is 20.9 Å². The Kier molecular flexibility index (Phi) is 7.66. The normalized spacial score (nSPS) is 16.4. The zero-order chi connectivity index (χ0) is 19.8. The summed E-state index contributed by atoms with van der Waals surface area (Å²) in [5.41, 5.74) is 0.188. The summed E-state index contributed by atoms with van der Waals surface area (Å²) in [6.07, 6.45) is 3.35. The van der Waals surface area contributed by atoms with Gasteiger partial charge in [0, 0.05) is 5.54 Å². The van der Waals surface area contributed by atoms with Gasteiger partial charge in [0.2, 0.25) is 0 Å². The Labute approximate surface area is 162 Å². The molecule has 1 fully saturated rings. The number of carbonyl (C=O) groups is 2. The van der Waals surface area contributed by atoms with Gasteiger partial charge in [-0.3, -0.25) is 4.79 Å². The first-order chi connectivity index (χ1) is 12.8. The van der Waals surface area contributed by atoms with E-state index in [0.717, 1.165) is 29.7 Å². The number of hydrogen-bond acceptors (Lipinski definition) is 4. The van der Waals surface area contributed by atoms with Crippen LogP contribution in [0.4, 0.5) is 4.79 Å². The number of carbonyl (C=O) groups excluding carboxylic acids is 2. The second-order valence-electron chi connectivity index (χ2n) is 8.32. The van der Waals surface area contributed by atoms with E-state index in [-0.39, 0.29) is 19.0 Å². The molecule has 1 aliphatic heterocycles. The molecule has 1 aliphatic rings. The Morgan fingerprint density at radius 2 is 1.74 bits per heavy atom. The maximum absolute atomic E-state index is 12.1. The molecule has 0 bridgehead atoms. The van der Waals surface area contributed by atoms with E-state index in [1.54, 1.807) is 13.8 Å². The van der Waals surface area contributed by atoms with Gasteiger partial charge >= 0.3 is 12.1 Å². The van der Waals surface area contributed by atoms with Crippen LogP contribution in [0.15, 0.2) is 30.3 Å². The molecule has 2 rings (SSSR count). The maximum atomic E-state index is 12.1. The number of benzene rings is 1.